The molecule has 17 nitrogen and oxygen atoms in total. The second-order valence-electron chi connectivity index (χ2n) is 28.7. The number of rotatable bonds is 76. The van der Waals surface area contributed by atoms with Gasteiger partial charge >= 0.3 is 39.5 Å². The molecule has 0 heterocycles. The van der Waals surface area contributed by atoms with Crippen molar-refractivity contribution in [2.24, 2.45) is 11.8 Å². The van der Waals surface area contributed by atoms with Gasteiger partial charge in [0.15, 0.2) is 12.2 Å². The molecule has 19 heteroatoms. The highest BCUT2D eigenvalue weighted by molar-refractivity contribution is 7.47. The smallest absolute Gasteiger partial charge is 0.462 e. The van der Waals surface area contributed by atoms with Gasteiger partial charge < -0.3 is 33.8 Å². The van der Waals surface area contributed by atoms with E-state index >= 15 is 0 Å². The van der Waals surface area contributed by atoms with Gasteiger partial charge in [-0.3, -0.25) is 37.3 Å². The minimum absolute atomic E-state index is 0.106. The van der Waals surface area contributed by atoms with Crippen LogP contribution in [-0.4, -0.2) is 96.7 Å². The Balaban J connectivity index is 5.25. The average Bonchev–Trinajstić information content (AvgIpc) is 1.34. The van der Waals surface area contributed by atoms with Crippen molar-refractivity contribution < 1.29 is 80.2 Å². The van der Waals surface area contributed by atoms with E-state index in [9.17, 15) is 43.2 Å². The van der Waals surface area contributed by atoms with Crippen molar-refractivity contribution in [1.29, 1.82) is 0 Å². The van der Waals surface area contributed by atoms with E-state index in [4.69, 9.17) is 37.0 Å². The van der Waals surface area contributed by atoms with E-state index < -0.39 is 97.5 Å². The van der Waals surface area contributed by atoms with Crippen molar-refractivity contribution in [2.45, 2.75) is 419 Å². The van der Waals surface area contributed by atoms with Crippen LogP contribution in [0.25, 0.3) is 0 Å². The molecule has 0 amide bonds. The molecule has 0 bridgehead atoms. The molecule has 0 aromatic carbocycles. The van der Waals surface area contributed by atoms with E-state index in [-0.39, 0.29) is 25.7 Å². The first-order valence-electron chi connectivity index (χ1n) is 40.0. The van der Waals surface area contributed by atoms with Crippen LogP contribution in [0.15, 0.2) is 0 Å². The lowest BCUT2D eigenvalue weighted by Gasteiger charge is -2.21. The first-order valence-corrected chi connectivity index (χ1v) is 43.0. The Bertz CT molecular complexity index is 1860. The quantitative estimate of drug-likeness (QED) is 0.0222. The molecule has 5 atom stereocenters. The average molecular weight is 1410 g/mol. The molecule has 570 valence electrons. The van der Waals surface area contributed by atoms with Crippen LogP contribution in [-0.2, 0) is 65.4 Å². The zero-order chi connectivity index (χ0) is 70.7. The molecule has 0 aliphatic rings. The summed E-state index contributed by atoms with van der Waals surface area (Å²) in [6.07, 6.45) is 56.7. The molecule has 0 spiro atoms. The fourth-order valence-electron chi connectivity index (χ4n) is 11.8. The summed E-state index contributed by atoms with van der Waals surface area (Å²) in [5, 5.41) is 10.6. The van der Waals surface area contributed by atoms with Gasteiger partial charge in [-0.15, -0.1) is 0 Å². The first kappa shape index (κ1) is 94.1. The van der Waals surface area contributed by atoms with Gasteiger partial charge in [0.05, 0.1) is 26.4 Å². The molecule has 0 radical (unpaired) electrons. The Morgan fingerprint density at radius 3 is 0.708 bits per heavy atom. The Hall–Kier alpha value is -1.94. The fourth-order valence-corrected chi connectivity index (χ4v) is 13.4. The third-order valence-corrected chi connectivity index (χ3v) is 19.9. The summed E-state index contributed by atoms with van der Waals surface area (Å²) in [4.78, 5) is 72.9. The molecule has 2 unspecified atom stereocenters. The Kier molecular flexibility index (Phi) is 67.4. The van der Waals surface area contributed by atoms with Gasteiger partial charge in [-0.05, 0) is 37.5 Å². The monoisotopic (exact) mass is 1410 g/mol. The van der Waals surface area contributed by atoms with Crippen LogP contribution in [0.2, 0.25) is 0 Å². The molecule has 0 aromatic rings. The van der Waals surface area contributed by atoms with Crippen LogP contribution in [0, 0.1) is 11.8 Å². The Morgan fingerprint density at radius 1 is 0.281 bits per heavy atom. The summed E-state index contributed by atoms with van der Waals surface area (Å²) in [5.41, 5.74) is 0. The third-order valence-electron chi connectivity index (χ3n) is 18.0. The maximum Gasteiger partial charge on any atom is 0.472 e. The van der Waals surface area contributed by atoms with Gasteiger partial charge in [0.1, 0.15) is 19.3 Å². The van der Waals surface area contributed by atoms with Crippen molar-refractivity contribution in [3.63, 3.8) is 0 Å². The number of hydrogen-bond acceptors (Lipinski definition) is 15. The molecular formula is C77H150O17P2. The number of carbonyl (C=O) groups is 4. The second kappa shape index (κ2) is 68.8. The van der Waals surface area contributed by atoms with Gasteiger partial charge in [0, 0.05) is 25.7 Å². The Labute approximate surface area is 588 Å². The minimum atomic E-state index is -4.96. The van der Waals surface area contributed by atoms with Crippen LogP contribution >= 0.6 is 15.6 Å². The molecule has 3 N–H and O–H groups in total. The van der Waals surface area contributed by atoms with Gasteiger partial charge in [0.25, 0.3) is 0 Å². The predicted octanol–water partition coefficient (Wildman–Crippen LogP) is 22.7. The number of phosphoric acid groups is 2. The second-order valence-corrected chi connectivity index (χ2v) is 31.6. The number of aliphatic hydroxyl groups is 1. The number of phosphoric ester groups is 2. The highest BCUT2D eigenvalue weighted by Crippen LogP contribution is 2.45. The molecule has 0 aliphatic heterocycles. The first-order chi connectivity index (χ1) is 46.4. The number of esters is 4. The van der Waals surface area contributed by atoms with Crippen LogP contribution in [0.4, 0.5) is 0 Å². The molecule has 0 aliphatic carbocycles. The van der Waals surface area contributed by atoms with E-state index in [0.717, 1.165) is 102 Å². The molecule has 0 rings (SSSR count). The normalized spacial score (nSPS) is 14.0. The van der Waals surface area contributed by atoms with Crippen LogP contribution in [0.1, 0.15) is 401 Å². The van der Waals surface area contributed by atoms with Gasteiger partial charge in [0.2, 0.25) is 0 Å². The number of ether oxygens (including phenoxy) is 4. The molecule has 0 fully saturated rings. The summed E-state index contributed by atoms with van der Waals surface area (Å²) in [7, 11) is -9.91. The van der Waals surface area contributed by atoms with Crippen LogP contribution < -0.4 is 0 Å². The third kappa shape index (κ3) is 70.5. The number of carbonyl (C=O) groups excluding carboxylic acids is 4. The standard InChI is InChI=1S/C77H150O17P2/c1-7-9-11-13-15-17-19-20-21-25-29-36-42-48-54-60-75(80)88-66-72(93-76(81)61-55-49-43-37-30-26-23-22-24-28-33-39-45-51-57-69(3)4)67-91-95(83,84)89-63-71(78)64-90-96(85,86)92-68-73(65-87-74(79)59-53-47-41-35-27-18-16-14-12-10-8-2)94-77(82)62-56-50-44-38-32-31-34-40-46-52-58-70(5)6/h69-73,78H,7-68H2,1-6H3,(H,83,84)(H,85,86)/t71-,72-,73-/m1/s1. The highest BCUT2D eigenvalue weighted by atomic mass is 31.2. The number of unbranched alkanes of at least 4 members (excludes halogenated alkanes) is 46. The summed E-state index contributed by atoms with van der Waals surface area (Å²) in [6, 6.07) is 0. The fraction of sp³-hybridized carbons (Fsp3) is 0.948. The minimum Gasteiger partial charge on any atom is -0.462 e. The van der Waals surface area contributed by atoms with Gasteiger partial charge in [-0.25, -0.2) is 9.13 Å². The highest BCUT2D eigenvalue weighted by Gasteiger charge is 2.30. The largest absolute Gasteiger partial charge is 0.472 e. The van der Waals surface area contributed by atoms with Crippen molar-refractivity contribution in [3.05, 3.63) is 0 Å². The molecular weight excluding hydrogens is 1260 g/mol. The summed E-state index contributed by atoms with van der Waals surface area (Å²) < 4.78 is 68.6. The van der Waals surface area contributed by atoms with E-state index in [0.29, 0.717) is 25.7 Å². The zero-order valence-corrected chi connectivity index (χ0v) is 64.5. The maximum absolute atomic E-state index is 13.1. The van der Waals surface area contributed by atoms with Crippen LogP contribution in [0.5, 0.6) is 0 Å². The Morgan fingerprint density at radius 2 is 0.479 bits per heavy atom. The van der Waals surface area contributed by atoms with Crippen molar-refractivity contribution >= 4 is 39.5 Å². The maximum atomic E-state index is 13.1. The molecule has 0 saturated heterocycles. The van der Waals surface area contributed by atoms with Crippen molar-refractivity contribution in [3.8, 4) is 0 Å². The molecule has 0 aromatic heterocycles. The summed E-state index contributed by atoms with van der Waals surface area (Å²) in [6.45, 7) is 9.62. The van der Waals surface area contributed by atoms with Gasteiger partial charge in [-0.2, -0.15) is 0 Å². The van der Waals surface area contributed by atoms with E-state index in [1.807, 2.05) is 0 Å². The topological polar surface area (TPSA) is 237 Å². The SMILES string of the molecule is CCCCCCCCCCCCCCCCCC(=O)OC[C@H](COP(=O)(O)OC[C@@H](O)COP(=O)(O)OC[C@@H](COC(=O)CCCCCCCCCCCCC)OC(=O)CCCCCCCCCCCCC(C)C)OC(=O)CCCCCCCCCCCCCCCCC(C)C. The predicted molar refractivity (Wildman–Crippen MR) is 391 cm³/mol. The summed E-state index contributed by atoms with van der Waals surface area (Å²) in [5.74, 6) is -0.565. The van der Waals surface area contributed by atoms with E-state index in [1.165, 1.54) is 218 Å². The van der Waals surface area contributed by atoms with Crippen molar-refractivity contribution in [2.75, 3.05) is 39.6 Å². The van der Waals surface area contributed by atoms with Gasteiger partial charge in [-0.1, -0.05) is 350 Å². The lowest BCUT2D eigenvalue weighted by atomic mass is 10.0. The van der Waals surface area contributed by atoms with E-state index in [2.05, 4.69) is 41.5 Å². The lowest BCUT2D eigenvalue weighted by Crippen LogP contribution is -2.30. The molecule has 96 heavy (non-hydrogen) atoms. The zero-order valence-electron chi connectivity index (χ0n) is 62.7. The van der Waals surface area contributed by atoms with Crippen molar-refractivity contribution in [1.82, 2.24) is 0 Å². The lowest BCUT2D eigenvalue weighted by molar-refractivity contribution is -0.161. The van der Waals surface area contributed by atoms with Crippen LogP contribution in [0.3, 0.4) is 0 Å². The number of hydrogen-bond donors (Lipinski definition) is 3. The summed E-state index contributed by atoms with van der Waals surface area (Å²) >= 11 is 0. The molecule has 0 saturated carbocycles. The number of aliphatic hydroxyl groups excluding tert-OH is 1. The van der Waals surface area contributed by atoms with E-state index in [1.54, 1.807) is 0 Å².